The average Bonchev–Trinajstić information content (AvgIpc) is 2.79. The van der Waals surface area contributed by atoms with Crippen LogP contribution in [0.3, 0.4) is 0 Å². The van der Waals surface area contributed by atoms with Crippen molar-refractivity contribution in [2.45, 2.75) is 65.3 Å². The molecule has 1 aliphatic rings. The van der Waals surface area contributed by atoms with Gasteiger partial charge in [-0.05, 0) is 71.6 Å². The van der Waals surface area contributed by atoms with Gasteiger partial charge in [0.25, 0.3) is 0 Å². The zero-order valence-electron chi connectivity index (χ0n) is 18.7. The van der Waals surface area contributed by atoms with E-state index in [0.29, 0.717) is 11.4 Å². The number of hydrogen-bond acceptors (Lipinski definition) is 6. The second kappa shape index (κ2) is 8.28. The van der Waals surface area contributed by atoms with Gasteiger partial charge in [0.05, 0.1) is 24.0 Å². The summed E-state index contributed by atoms with van der Waals surface area (Å²) in [5.74, 6) is 0.576. The van der Waals surface area contributed by atoms with Crippen molar-refractivity contribution in [3.63, 3.8) is 0 Å². The number of nitrogens with two attached hydrogens (primary N) is 1. The lowest BCUT2D eigenvalue weighted by Crippen LogP contribution is -2.41. The maximum Gasteiger partial charge on any atom is 0.492 e. The molecule has 0 bridgehead atoms. The Morgan fingerprint density at radius 3 is 2.31 bits per heavy atom. The fourth-order valence-electron chi connectivity index (χ4n) is 2.72. The minimum atomic E-state index is -0.613. The molecule has 7 nitrogen and oxygen atoms in total. The highest BCUT2D eigenvalue weighted by atomic mass is 16.7. The van der Waals surface area contributed by atoms with Crippen molar-refractivity contribution >= 4 is 25.0 Å². The molecule has 0 unspecified atom stereocenters. The summed E-state index contributed by atoms with van der Waals surface area (Å²) in [5.41, 5.74) is 6.49. The van der Waals surface area contributed by atoms with Crippen LogP contribution in [0.5, 0.6) is 5.75 Å². The zero-order valence-corrected chi connectivity index (χ0v) is 18.7. The summed E-state index contributed by atoms with van der Waals surface area (Å²) in [6.45, 7) is 13.6. The van der Waals surface area contributed by atoms with E-state index in [0.717, 1.165) is 11.0 Å². The molecular formula is C21H33BN2O5. The summed E-state index contributed by atoms with van der Waals surface area (Å²) in [6, 6.07) is 5.47. The Hall–Kier alpha value is -2.19. The van der Waals surface area contributed by atoms with Gasteiger partial charge in [-0.1, -0.05) is 12.1 Å². The monoisotopic (exact) mass is 404 g/mol. The van der Waals surface area contributed by atoms with Gasteiger partial charge in [0.1, 0.15) is 11.4 Å². The van der Waals surface area contributed by atoms with Crippen LogP contribution in [-0.4, -0.2) is 43.7 Å². The number of rotatable bonds is 5. The minimum Gasteiger partial charge on any atom is -0.495 e. The highest BCUT2D eigenvalue weighted by molar-refractivity contribution is 6.56. The molecule has 0 atom stereocenters. The highest BCUT2D eigenvalue weighted by Gasteiger charge is 2.52. The Kier molecular flexibility index (Phi) is 6.60. The van der Waals surface area contributed by atoms with E-state index < -0.39 is 30.0 Å². The molecule has 0 spiro atoms. The van der Waals surface area contributed by atoms with Crippen LogP contribution in [0.2, 0.25) is 0 Å². The molecule has 0 radical (unpaired) electrons. The Morgan fingerprint density at radius 1 is 1.21 bits per heavy atom. The number of alkyl carbamates (subject to hydrolysis) is 1. The average molecular weight is 404 g/mol. The molecule has 8 heteroatoms. The molecule has 1 aromatic rings. The first-order valence-electron chi connectivity index (χ1n) is 9.70. The molecule has 0 aliphatic carbocycles. The van der Waals surface area contributed by atoms with Gasteiger partial charge < -0.3 is 29.8 Å². The van der Waals surface area contributed by atoms with Gasteiger partial charge in [-0.15, -0.1) is 0 Å². The molecule has 1 aromatic carbocycles. The van der Waals surface area contributed by atoms with Crippen molar-refractivity contribution < 1.29 is 23.6 Å². The molecule has 1 amide bonds. The van der Waals surface area contributed by atoms with E-state index in [2.05, 4.69) is 5.32 Å². The predicted octanol–water partition coefficient (Wildman–Crippen LogP) is 3.82. The van der Waals surface area contributed by atoms with Gasteiger partial charge in [0.15, 0.2) is 0 Å². The molecule has 1 aliphatic heterocycles. The van der Waals surface area contributed by atoms with Crippen LogP contribution < -0.4 is 15.8 Å². The van der Waals surface area contributed by atoms with Gasteiger partial charge in [-0.25, -0.2) is 4.79 Å². The first-order chi connectivity index (χ1) is 13.2. The van der Waals surface area contributed by atoms with E-state index in [1.54, 1.807) is 13.2 Å². The largest absolute Gasteiger partial charge is 0.495 e. The smallest absolute Gasteiger partial charge is 0.492 e. The summed E-state index contributed by atoms with van der Waals surface area (Å²) in [5, 5.41) is 2.79. The maximum absolute atomic E-state index is 12.2. The van der Waals surface area contributed by atoms with Crippen LogP contribution in [0.15, 0.2) is 23.7 Å². The van der Waals surface area contributed by atoms with Crippen LogP contribution >= 0.6 is 0 Å². The topological polar surface area (TPSA) is 92.0 Å². The lowest BCUT2D eigenvalue weighted by Gasteiger charge is -2.32. The van der Waals surface area contributed by atoms with E-state index in [1.165, 1.54) is 0 Å². The number of carbonyl (C=O) groups is 1. The van der Waals surface area contributed by atoms with Crippen LogP contribution in [-0.2, 0) is 14.0 Å². The molecule has 1 saturated heterocycles. The van der Waals surface area contributed by atoms with Gasteiger partial charge in [-0.2, -0.15) is 0 Å². The van der Waals surface area contributed by atoms with Crippen LogP contribution in [0, 0.1) is 0 Å². The number of anilines is 1. The zero-order chi connectivity index (χ0) is 22.0. The Morgan fingerprint density at radius 2 is 1.79 bits per heavy atom. The number of nitrogen functional groups attached to an aromatic ring is 1. The maximum atomic E-state index is 12.2. The third-order valence-electron chi connectivity index (χ3n) is 5.00. The summed E-state index contributed by atoms with van der Waals surface area (Å²) in [6.07, 6.45) is 1.40. The number of ether oxygens (including phenoxy) is 2. The van der Waals surface area contributed by atoms with Gasteiger partial charge in [0, 0.05) is 6.54 Å². The predicted molar refractivity (Wildman–Crippen MR) is 116 cm³/mol. The Bertz CT molecular complexity index is 768. The lowest BCUT2D eigenvalue weighted by molar-refractivity contribution is 0.00578. The second-order valence-corrected chi connectivity index (χ2v) is 9.16. The molecular weight excluding hydrogens is 371 g/mol. The number of hydrogen-bond donors (Lipinski definition) is 2. The summed E-state index contributed by atoms with van der Waals surface area (Å²) in [7, 11) is 0.955. The quantitative estimate of drug-likeness (QED) is 0.573. The molecule has 160 valence electrons. The van der Waals surface area contributed by atoms with E-state index in [-0.39, 0.29) is 6.54 Å². The van der Waals surface area contributed by atoms with E-state index in [4.69, 9.17) is 24.5 Å². The van der Waals surface area contributed by atoms with Crippen LogP contribution in [0.25, 0.3) is 6.08 Å². The fourth-order valence-corrected chi connectivity index (χ4v) is 2.72. The SMILES string of the molecule is COc1cc(C=C(CNC(=O)OC(C)(C)C)B2OC(C)(C)C(C)(C)O2)ccc1N. The molecule has 3 N–H and O–H groups in total. The number of nitrogens with one attached hydrogen (secondary N) is 1. The van der Waals surface area contributed by atoms with E-state index >= 15 is 0 Å². The van der Waals surface area contributed by atoms with E-state index in [9.17, 15) is 4.79 Å². The van der Waals surface area contributed by atoms with Crippen molar-refractivity contribution in [2.75, 3.05) is 19.4 Å². The Balaban J connectivity index is 2.30. The normalized spacial score (nSPS) is 18.5. The molecule has 2 rings (SSSR count). The molecule has 29 heavy (non-hydrogen) atoms. The minimum absolute atomic E-state index is 0.207. The number of benzene rings is 1. The third-order valence-corrected chi connectivity index (χ3v) is 5.00. The molecule has 1 heterocycles. The molecule has 0 saturated carbocycles. The first kappa shape index (κ1) is 23.1. The fraction of sp³-hybridized carbons (Fsp3) is 0.571. The van der Waals surface area contributed by atoms with Crippen molar-refractivity contribution in [3.05, 3.63) is 29.2 Å². The van der Waals surface area contributed by atoms with Crippen molar-refractivity contribution in [2.24, 2.45) is 0 Å². The second-order valence-electron chi connectivity index (χ2n) is 9.16. The van der Waals surface area contributed by atoms with Gasteiger partial charge >= 0.3 is 13.2 Å². The van der Waals surface area contributed by atoms with Crippen LogP contribution in [0.4, 0.5) is 10.5 Å². The lowest BCUT2D eigenvalue weighted by atomic mass is 9.77. The first-order valence-corrected chi connectivity index (χ1v) is 9.70. The highest BCUT2D eigenvalue weighted by Crippen LogP contribution is 2.39. The number of methoxy groups -OCH3 is 1. The summed E-state index contributed by atoms with van der Waals surface area (Å²) >= 11 is 0. The summed E-state index contributed by atoms with van der Waals surface area (Å²) < 4.78 is 23.0. The van der Waals surface area contributed by atoms with Gasteiger partial charge in [-0.3, -0.25) is 0 Å². The summed E-state index contributed by atoms with van der Waals surface area (Å²) in [4.78, 5) is 12.2. The van der Waals surface area contributed by atoms with E-state index in [1.807, 2.05) is 66.7 Å². The van der Waals surface area contributed by atoms with Crippen molar-refractivity contribution in [3.8, 4) is 5.75 Å². The standard InChI is InChI=1S/C21H33BN2O5/c1-19(2,3)27-18(25)24-13-15(22-28-20(4,5)21(6,7)29-22)11-14-9-10-16(23)17(12-14)26-8/h9-12H,13,23H2,1-8H3,(H,24,25). The van der Waals surface area contributed by atoms with Crippen molar-refractivity contribution in [1.82, 2.24) is 5.32 Å². The van der Waals surface area contributed by atoms with Gasteiger partial charge in [0.2, 0.25) is 0 Å². The third kappa shape index (κ3) is 5.90. The van der Waals surface area contributed by atoms with Crippen molar-refractivity contribution in [1.29, 1.82) is 0 Å². The Labute approximate surface area is 174 Å². The van der Waals surface area contributed by atoms with Crippen LogP contribution in [0.1, 0.15) is 54.0 Å². The number of carbonyl (C=O) groups excluding carboxylic acids is 1. The number of amides is 1. The molecule has 1 fully saturated rings. The molecule has 0 aromatic heterocycles.